The van der Waals surface area contributed by atoms with Gasteiger partial charge in [0.15, 0.2) is 0 Å². The number of fused-ring (bicyclic) bond motifs is 1. The van der Waals surface area contributed by atoms with Gasteiger partial charge in [0.05, 0.1) is 0 Å². The highest BCUT2D eigenvalue weighted by atomic mass is 16.1. The van der Waals surface area contributed by atoms with Crippen LogP contribution in [-0.2, 0) is 13.0 Å². The first-order chi connectivity index (χ1) is 5.77. The monoisotopic (exact) mass is 164 g/mol. The molecule has 0 spiro atoms. The number of hydrogen-bond donors (Lipinski definition) is 1. The van der Waals surface area contributed by atoms with Crippen molar-refractivity contribution in [1.82, 2.24) is 4.57 Å². The first-order valence-electron chi connectivity index (χ1n) is 4.26. The molecule has 3 heteroatoms. The van der Waals surface area contributed by atoms with Crippen molar-refractivity contribution in [1.29, 1.82) is 0 Å². The van der Waals surface area contributed by atoms with E-state index < -0.39 is 0 Å². The Balaban J connectivity index is 2.60. The van der Waals surface area contributed by atoms with E-state index in [0.29, 0.717) is 5.69 Å². The highest BCUT2D eigenvalue weighted by Gasteiger charge is 2.09. The van der Waals surface area contributed by atoms with Crippen LogP contribution in [0.1, 0.15) is 18.5 Å². The predicted molar refractivity (Wildman–Crippen MR) is 48.1 cm³/mol. The van der Waals surface area contributed by atoms with Crippen LogP contribution in [0.15, 0.2) is 16.9 Å². The lowest BCUT2D eigenvalue weighted by Crippen LogP contribution is -2.26. The molecule has 2 N–H and O–H groups in total. The molecular weight excluding hydrogens is 152 g/mol. The zero-order chi connectivity index (χ0) is 8.55. The number of aryl methyl sites for hydroxylation is 1. The highest BCUT2D eigenvalue weighted by Crippen LogP contribution is 2.13. The molecule has 0 fully saturated rings. The third-order valence-electron chi connectivity index (χ3n) is 2.30. The Labute approximate surface area is 70.8 Å². The molecule has 64 valence electrons. The van der Waals surface area contributed by atoms with E-state index in [4.69, 9.17) is 5.73 Å². The minimum absolute atomic E-state index is 0.0460. The molecule has 0 aromatic carbocycles. The first-order valence-corrected chi connectivity index (χ1v) is 4.26. The second kappa shape index (κ2) is 2.66. The Hall–Kier alpha value is -1.25. The Bertz CT molecular complexity index is 354. The first kappa shape index (κ1) is 7.40. The van der Waals surface area contributed by atoms with Crippen molar-refractivity contribution in [3.8, 4) is 0 Å². The number of rotatable bonds is 0. The maximum atomic E-state index is 11.4. The van der Waals surface area contributed by atoms with Gasteiger partial charge in [0.1, 0.15) is 0 Å². The number of nitrogen functional groups attached to an aromatic ring is 1. The number of nitrogens with zero attached hydrogens (tertiary/aromatic N) is 1. The molecule has 0 atom stereocenters. The fourth-order valence-corrected chi connectivity index (χ4v) is 1.71. The van der Waals surface area contributed by atoms with Crippen molar-refractivity contribution in [3.05, 3.63) is 28.2 Å². The summed E-state index contributed by atoms with van der Waals surface area (Å²) in [7, 11) is 0. The Kier molecular flexibility index (Phi) is 1.64. The molecule has 1 aliphatic rings. The van der Waals surface area contributed by atoms with E-state index in [9.17, 15) is 4.79 Å². The van der Waals surface area contributed by atoms with E-state index in [1.807, 2.05) is 10.6 Å². The zero-order valence-corrected chi connectivity index (χ0v) is 6.92. The molecule has 0 aliphatic carbocycles. The molecule has 12 heavy (non-hydrogen) atoms. The molecule has 0 saturated carbocycles. The summed E-state index contributed by atoms with van der Waals surface area (Å²) in [5, 5.41) is 0. The molecule has 1 aromatic heterocycles. The van der Waals surface area contributed by atoms with Gasteiger partial charge in [-0.05, 0) is 25.3 Å². The molecule has 0 saturated heterocycles. The fourth-order valence-electron chi connectivity index (χ4n) is 1.71. The van der Waals surface area contributed by atoms with Crippen molar-refractivity contribution in [3.63, 3.8) is 0 Å². The lowest BCUT2D eigenvalue weighted by molar-refractivity contribution is 0.514. The average molecular weight is 164 g/mol. The van der Waals surface area contributed by atoms with Crippen molar-refractivity contribution < 1.29 is 0 Å². The van der Waals surface area contributed by atoms with Gasteiger partial charge in [-0.3, -0.25) is 4.79 Å². The Morgan fingerprint density at radius 2 is 2.17 bits per heavy atom. The molecule has 1 aliphatic heterocycles. The summed E-state index contributed by atoms with van der Waals surface area (Å²) in [5.74, 6) is 0. The van der Waals surface area contributed by atoms with Crippen molar-refractivity contribution >= 4 is 5.69 Å². The largest absolute Gasteiger partial charge is 0.399 e. The van der Waals surface area contributed by atoms with Crippen molar-refractivity contribution in [2.45, 2.75) is 25.8 Å². The summed E-state index contributed by atoms with van der Waals surface area (Å²) in [6.07, 6.45) is 3.26. The van der Waals surface area contributed by atoms with Crippen LogP contribution >= 0.6 is 0 Å². The SMILES string of the molecule is Nc1cc2n(c(=O)c1)CCCC2. The number of nitrogens with two attached hydrogens (primary N) is 1. The van der Waals surface area contributed by atoms with Crippen LogP contribution in [0.2, 0.25) is 0 Å². The maximum Gasteiger partial charge on any atom is 0.252 e. The van der Waals surface area contributed by atoms with Gasteiger partial charge in [-0.15, -0.1) is 0 Å². The lowest BCUT2D eigenvalue weighted by Gasteiger charge is -2.17. The normalized spacial score (nSPS) is 15.7. The molecule has 0 unspecified atom stereocenters. The maximum absolute atomic E-state index is 11.4. The Morgan fingerprint density at radius 3 is 3.00 bits per heavy atom. The van der Waals surface area contributed by atoms with Crippen LogP contribution in [0, 0.1) is 0 Å². The number of aromatic nitrogens is 1. The molecule has 0 amide bonds. The highest BCUT2D eigenvalue weighted by molar-refractivity contribution is 5.38. The van der Waals surface area contributed by atoms with Crippen LogP contribution in [0.25, 0.3) is 0 Å². The smallest absolute Gasteiger partial charge is 0.252 e. The van der Waals surface area contributed by atoms with E-state index in [0.717, 1.165) is 25.1 Å². The van der Waals surface area contributed by atoms with Crippen LogP contribution in [0.4, 0.5) is 5.69 Å². The summed E-state index contributed by atoms with van der Waals surface area (Å²) in [5.41, 5.74) is 7.30. The molecule has 2 rings (SSSR count). The van der Waals surface area contributed by atoms with E-state index in [2.05, 4.69) is 0 Å². The second-order valence-corrected chi connectivity index (χ2v) is 3.23. The quantitative estimate of drug-likeness (QED) is 0.615. The van der Waals surface area contributed by atoms with E-state index >= 15 is 0 Å². The lowest BCUT2D eigenvalue weighted by atomic mass is 10.1. The second-order valence-electron chi connectivity index (χ2n) is 3.23. The molecular formula is C9H12N2O. The zero-order valence-electron chi connectivity index (χ0n) is 6.92. The van der Waals surface area contributed by atoms with Crippen LogP contribution in [-0.4, -0.2) is 4.57 Å². The van der Waals surface area contributed by atoms with Gasteiger partial charge in [0.25, 0.3) is 5.56 Å². The van der Waals surface area contributed by atoms with Crippen molar-refractivity contribution in [2.24, 2.45) is 0 Å². The number of anilines is 1. The van der Waals surface area contributed by atoms with Crippen LogP contribution < -0.4 is 11.3 Å². The van der Waals surface area contributed by atoms with Gasteiger partial charge >= 0.3 is 0 Å². The average Bonchev–Trinajstić information content (AvgIpc) is 2.04. The summed E-state index contributed by atoms with van der Waals surface area (Å²) >= 11 is 0. The molecule has 1 aromatic rings. The molecule has 0 bridgehead atoms. The number of pyridine rings is 1. The summed E-state index contributed by atoms with van der Waals surface area (Å²) in [6, 6.07) is 3.40. The van der Waals surface area contributed by atoms with Crippen LogP contribution in [0.3, 0.4) is 0 Å². The van der Waals surface area contributed by atoms with Crippen LogP contribution in [0.5, 0.6) is 0 Å². The van der Waals surface area contributed by atoms with Gasteiger partial charge in [0, 0.05) is 24.0 Å². The third-order valence-corrected chi connectivity index (χ3v) is 2.30. The van der Waals surface area contributed by atoms with Gasteiger partial charge in [-0.1, -0.05) is 0 Å². The minimum atomic E-state index is 0.0460. The third kappa shape index (κ3) is 1.11. The van der Waals surface area contributed by atoms with Gasteiger partial charge in [0.2, 0.25) is 0 Å². The molecule has 0 radical (unpaired) electrons. The topological polar surface area (TPSA) is 48.0 Å². The van der Waals surface area contributed by atoms with Gasteiger partial charge in [-0.25, -0.2) is 0 Å². The fraction of sp³-hybridized carbons (Fsp3) is 0.444. The summed E-state index contributed by atoms with van der Waals surface area (Å²) in [4.78, 5) is 11.4. The summed E-state index contributed by atoms with van der Waals surface area (Å²) in [6.45, 7) is 0.856. The van der Waals surface area contributed by atoms with E-state index in [1.165, 1.54) is 12.5 Å². The molecule has 2 heterocycles. The Morgan fingerprint density at radius 1 is 1.33 bits per heavy atom. The van der Waals surface area contributed by atoms with E-state index in [-0.39, 0.29) is 5.56 Å². The van der Waals surface area contributed by atoms with Gasteiger partial charge < -0.3 is 10.3 Å². The standard InChI is InChI=1S/C9H12N2O/c10-7-5-8-3-1-2-4-11(8)9(12)6-7/h5-6H,1-4,10H2. The summed E-state index contributed by atoms with van der Waals surface area (Å²) < 4.78 is 1.82. The minimum Gasteiger partial charge on any atom is -0.399 e. The molecule has 3 nitrogen and oxygen atoms in total. The predicted octanol–water partition coefficient (Wildman–Crippen LogP) is 0.767. The van der Waals surface area contributed by atoms with Crippen molar-refractivity contribution in [2.75, 3.05) is 5.73 Å². The number of hydrogen-bond acceptors (Lipinski definition) is 2. The van der Waals surface area contributed by atoms with Gasteiger partial charge in [-0.2, -0.15) is 0 Å². The van der Waals surface area contributed by atoms with E-state index in [1.54, 1.807) is 0 Å².